The van der Waals surface area contributed by atoms with Crippen molar-refractivity contribution in [2.45, 2.75) is 6.92 Å². The molecule has 5 nitrogen and oxygen atoms in total. The first-order valence-electron chi connectivity index (χ1n) is 4.86. The molecule has 0 saturated carbocycles. The molecule has 0 atom stereocenters. The minimum Gasteiger partial charge on any atom is -0.476 e. The molecule has 1 aromatic rings. The Morgan fingerprint density at radius 3 is 3.00 bits per heavy atom. The Labute approximate surface area is 98.4 Å². The number of aromatic nitrogens is 1. The molecule has 0 aliphatic heterocycles. The van der Waals surface area contributed by atoms with E-state index in [4.69, 9.17) is 21.4 Å². The van der Waals surface area contributed by atoms with Crippen molar-refractivity contribution < 1.29 is 14.6 Å². The van der Waals surface area contributed by atoms with Crippen molar-refractivity contribution in [2.75, 3.05) is 25.1 Å². The quantitative estimate of drug-likeness (QED) is 0.748. The summed E-state index contributed by atoms with van der Waals surface area (Å²) < 4.78 is 5.12. The van der Waals surface area contributed by atoms with Gasteiger partial charge in [0.1, 0.15) is 5.82 Å². The van der Waals surface area contributed by atoms with Crippen LogP contribution in [0.15, 0.2) is 12.1 Å². The molecule has 0 radical (unpaired) electrons. The first-order chi connectivity index (χ1) is 7.65. The Hall–Kier alpha value is -1.33. The van der Waals surface area contributed by atoms with Gasteiger partial charge in [-0.05, 0) is 19.1 Å². The van der Waals surface area contributed by atoms with Gasteiger partial charge >= 0.3 is 5.97 Å². The standard InChI is InChI=1S/C10H13ClN2O3/c1-2-16-6-5-12-8-4-3-7(11)9(13-8)10(14)15/h3-4H,2,5-6H2,1H3,(H,12,13)(H,14,15). The molecule has 0 aliphatic carbocycles. The second-order valence-electron chi connectivity index (χ2n) is 2.96. The van der Waals surface area contributed by atoms with Crippen molar-refractivity contribution in [1.29, 1.82) is 0 Å². The van der Waals surface area contributed by atoms with E-state index in [1.165, 1.54) is 6.07 Å². The molecule has 0 aliphatic rings. The van der Waals surface area contributed by atoms with Gasteiger partial charge in [-0.3, -0.25) is 0 Å². The van der Waals surface area contributed by atoms with Crippen molar-refractivity contribution in [3.8, 4) is 0 Å². The maximum atomic E-state index is 10.8. The summed E-state index contributed by atoms with van der Waals surface area (Å²) in [6.45, 7) is 3.67. The number of anilines is 1. The summed E-state index contributed by atoms with van der Waals surface area (Å²) in [5, 5.41) is 11.9. The van der Waals surface area contributed by atoms with Crippen molar-refractivity contribution in [1.82, 2.24) is 4.98 Å². The largest absolute Gasteiger partial charge is 0.476 e. The van der Waals surface area contributed by atoms with Gasteiger partial charge in [0.2, 0.25) is 0 Å². The fourth-order valence-corrected chi connectivity index (χ4v) is 1.27. The van der Waals surface area contributed by atoms with Gasteiger partial charge < -0.3 is 15.2 Å². The summed E-state index contributed by atoms with van der Waals surface area (Å²) in [7, 11) is 0. The normalized spacial score (nSPS) is 10.1. The number of aromatic carboxylic acids is 1. The van der Waals surface area contributed by atoms with Gasteiger partial charge in [0.25, 0.3) is 0 Å². The molecule has 0 fully saturated rings. The molecule has 2 N–H and O–H groups in total. The van der Waals surface area contributed by atoms with E-state index >= 15 is 0 Å². The molecular formula is C10H13ClN2O3. The zero-order chi connectivity index (χ0) is 12.0. The van der Waals surface area contributed by atoms with Crippen LogP contribution >= 0.6 is 11.6 Å². The number of hydrogen-bond donors (Lipinski definition) is 2. The van der Waals surface area contributed by atoms with E-state index in [2.05, 4.69) is 10.3 Å². The molecule has 0 unspecified atom stereocenters. The number of halogens is 1. The van der Waals surface area contributed by atoms with E-state index < -0.39 is 5.97 Å². The van der Waals surface area contributed by atoms with Crippen molar-refractivity contribution in [3.63, 3.8) is 0 Å². The van der Waals surface area contributed by atoms with Crippen LogP contribution in [0.1, 0.15) is 17.4 Å². The van der Waals surface area contributed by atoms with Crippen LogP contribution in [0.5, 0.6) is 0 Å². The lowest BCUT2D eigenvalue weighted by Gasteiger charge is -2.06. The van der Waals surface area contributed by atoms with E-state index in [1.807, 2.05) is 6.92 Å². The zero-order valence-corrected chi connectivity index (χ0v) is 9.62. The average Bonchev–Trinajstić information content (AvgIpc) is 2.26. The summed E-state index contributed by atoms with van der Waals surface area (Å²) in [5.74, 6) is -0.667. The van der Waals surface area contributed by atoms with Crippen LogP contribution in [0.4, 0.5) is 5.82 Å². The van der Waals surface area contributed by atoms with Gasteiger partial charge in [-0.1, -0.05) is 11.6 Å². The number of carboxylic acids is 1. The van der Waals surface area contributed by atoms with Crippen molar-refractivity contribution >= 4 is 23.4 Å². The molecule has 1 heterocycles. The Kier molecular flexibility index (Phi) is 5.01. The molecule has 0 amide bonds. The number of pyridine rings is 1. The van der Waals surface area contributed by atoms with Crippen LogP contribution < -0.4 is 5.32 Å². The number of nitrogens with one attached hydrogen (secondary N) is 1. The molecule has 0 bridgehead atoms. The minimum atomic E-state index is -1.14. The maximum Gasteiger partial charge on any atom is 0.356 e. The fourth-order valence-electron chi connectivity index (χ4n) is 1.09. The molecule has 88 valence electrons. The van der Waals surface area contributed by atoms with E-state index in [0.29, 0.717) is 25.6 Å². The highest BCUT2D eigenvalue weighted by atomic mass is 35.5. The van der Waals surface area contributed by atoms with E-state index in [1.54, 1.807) is 6.07 Å². The third-order valence-electron chi connectivity index (χ3n) is 1.81. The smallest absolute Gasteiger partial charge is 0.356 e. The number of carboxylic acid groups (broad SMARTS) is 1. The van der Waals surface area contributed by atoms with Gasteiger partial charge in [-0.25, -0.2) is 9.78 Å². The summed E-state index contributed by atoms with van der Waals surface area (Å²) in [6.07, 6.45) is 0. The van der Waals surface area contributed by atoms with Gasteiger partial charge in [-0.2, -0.15) is 0 Å². The summed E-state index contributed by atoms with van der Waals surface area (Å²) in [5.41, 5.74) is -0.150. The summed E-state index contributed by atoms with van der Waals surface area (Å²) in [4.78, 5) is 14.6. The third kappa shape index (κ3) is 3.67. The second-order valence-corrected chi connectivity index (χ2v) is 3.36. The monoisotopic (exact) mass is 244 g/mol. The predicted octanol–water partition coefficient (Wildman–Crippen LogP) is 1.88. The first-order valence-corrected chi connectivity index (χ1v) is 5.24. The van der Waals surface area contributed by atoms with Gasteiger partial charge in [-0.15, -0.1) is 0 Å². The molecule has 16 heavy (non-hydrogen) atoms. The molecule has 1 aromatic heterocycles. The van der Waals surface area contributed by atoms with E-state index in [9.17, 15) is 4.79 Å². The number of rotatable bonds is 6. The lowest BCUT2D eigenvalue weighted by molar-refractivity contribution is 0.0691. The van der Waals surface area contributed by atoms with Crippen LogP contribution in [0.2, 0.25) is 5.02 Å². The fraction of sp³-hybridized carbons (Fsp3) is 0.400. The topological polar surface area (TPSA) is 71.5 Å². The van der Waals surface area contributed by atoms with Gasteiger partial charge in [0, 0.05) is 13.2 Å². The minimum absolute atomic E-state index is 0.128. The highest BCUT2D eigenvalue weighted by molar-refractivity contribution is 6.33. The molecule has 0 saturated heterocycles. The van der Waals surface area contributed by atoms with Crippen LogP contribution in [0.3, 0.4) is 0 Å². The second kappa shape index (κ2) is 6.30. The Morgan fingerprint density at radius 2 is 2.38 bits per heavy atom. The summed E-state index contributed by atoms with van der Waals surface area (Å²) >= 11 is 5.68. The van der Waals surface area contributed by atoms with Crippen molar-refractivity contribution in [3.05, 3.63) is 22.8 Å². The number of hydrogen-bond acceptors (Lipinski definition) is 4. The van der Waals surface area contributed by atoms with Crippen LogP contribution in [-0.2, 0) is 4.74 Å². The molecule has 0 aromatic carbocycles. The SMILES string of the molecule is CCOCCNc1ccc(Cl)c(C(=O)O)n1. The number of ether oxygens (including phenoxy) is 1. The molecule has 0 spiro atoms. The van der Waals surface area contributed by atoms with Gasteiger partial charge in [0.05, 0.1) is 11.6 Å². The lowest BCUT2D eigenvalue weighted by atomic mass is 10.3. The third-order valence-corrected chi connectivity index (χ3v) is 2.11. The first kappa shape index (κ1) is 12.7. The Balaban J connectivity index is 2.61. The van der Waals surface area contributed by atoms with Crippen LogP contribution in [-0.4, -0.2) is 35.8 Å². The zero-order valence-electron chi connectivity index (χ0n) is 8.86. The highest BCUT2D eigenvalue weighted by Gasteiger charge is 2.10. The van der Waals surface area contributed by atoms with Crippen molar-refractivity contribution in [2.24, 2.45) is 0 Å². The van der Waals surface area contributed by atoms with Crippen LogP contribution in [0.25, 0.3) is 0 Å². The number of carbonyl (C=O) groups is 1. The van der Waals surface area contributed by atoms with Crippen LogP contribution in [0, 0.1) is 0 Å². The van der Waals surface area contributed by atoms with E-state index in [0.717, 1.165) is 0 Å². The van der Waals surface area contributed by atoms with E-state index in [-0.39, 0.29) is 10.7 Å². The Bertz CT molecular complexity index is 371. The lowest BCUT2D eigenvalue weighted by Crippen LogP contribution is -2.11. The predicted molar refractivity (Wildman–Crippen MR) is 61.2 cm³/mol. The van der Waals surface area contributed by atoms with Gasteiger partial charge in [0.15, 0.2) is 5.69 Å². The Morgan fingerprint density at radius 1 is 1.62 bits per heavy atom. The summed E-state index contributed by atoms with van der Waals surface area (Å²) in [6, 6.07) is 3.13. The maximum absolute atomic E-state index is 10.8. The number of nitrogens with zero attached hydrogens (tertiary/aromatic N) is 1. The highest BCUT2D eigenvalue weighted by Crippen LogP contribution is 2.16. The average molecular weight is 245 g/mol. The molecule has 1 rings (SSSR count). The molecule has 6 heteroatoms. The molecular weight excluding hydrogens is 232 g/mol.